The minimum atomic E-state index is -0.467. The van der Waals surface area contributed by atoms with Crippen molar-refractivity contribution in [1.29, 1.82) is 0 Å². The van der Waals surface area contributed by atoms with Gasteiger partial charge in [-0.3, -0.25) is 0 Å². The number of rotatable bonds is 2. The van der Waals surface area contributed by atoms with Crippen molar-refractivity contribution in [2.24, 2.45) is 0 Å². The fourth-order valence-corrected chi connectivity index (χ4v) is 4.78. The van der Waals surface area contributed by atoms with Gasteiger partial charge in [-0.05, 0) is 24.2 Å². The van der Waals surface area contributed by atoms with E-state index in [-0.39, 0.29) is 0 Å². The Morgan fingerprint density at radius 2 is 1.33 bits per heavy atom. The molecule has 0 aliphatic heterocycles. The summed E-state index contributed by atoms with van der Waals surface area (Å²) in [6.45, 7) is 4.31. The number of hydrogen-bond donors (Lipinski definition) is 0. The zero-order valence-corrected chi connectivity index (χ0v) is 12.0. The molecule has 2 aliphatic carbocycles. The largest absolute Gasteiger partial charge is 0.0912 e. The first-order valence-electron chi connectivity index (χ1n) is 5.19. The van der Waals surface area contributed by atoms with Crippen LogP contribution in [0, 0.1) is 0 Å². The second-order valence-electron chi connectivity index (χ2n) is 4.13. The van der Waals surface area contributed by atoms with Gasteiger partial charge in [-0.1, -0.05) is 46.5 Å². The van der Waals surface area contributed by atoms with E-state index in [0.29, 0.717) is 0 Å². The molecule has 0 bridgehead atoms. The van der Waals surface area contributed by atoms with Crippen LogP contribution in [-0.2, 0) is 0 Å². The Kier molecular flexibility index (Phi) is 3.24. The van der Waals surface area contributed by atoms with Gasteiger partial charge in [0.15, 0.2) is 0 Å². The lowest BCUT2D eigenvalue weighted by atomic mass is 10.3. The van der Waals surface area contributed by atoms with E-state index in [1.807, 2.05) is 0 Å². The molecule has 0 N–H and O–H groups in total. The SMILES string of the molecule is CC1=CCC(Cl)=C1[SiH2]C1=C(Cl)CC=C1C. The van der Waals surface area contributed by atoms with Gasteiger partial charge in [0.25, 0.3) is 0 Å². The summed E-state index contributed by atoms with van der Waals surface area (Å²) < 4.78 is 0. The quantitative estimate of drug-likeness (QED) is 0.661. The highest BCUT2D eigenvalue weighted by atomic mass is 35.5. The highest BCUT2D eigenvalue weighted by Gasteiger charge is 2.19. The van der Waals surface area contributed by atoms with E-state index in [1.54, 1.807) is 0 Å². The highest BCUT2D eigenvalue weighted by molar-refractivity contribution is 6.61. The van der Waals surface area contributed by atoms with Gasteiger partial charge in [-0.2, -0.15) is 0 Å². The van der Waals surface area contributed by atoms with Crippen molar-refractivity contribution in [2.45, 2.75) is 26.7 Å². The van der Waals surface area contributed by atoms with E-state index < -0.39 is 9.52 Å². The summed E-state index contributed by atoms with van der Waals surface area (Å²) >= 11 is 12.4. The van der Waals surface area contributed by atoms with Crippen molar-refractivity contribution in [3.8, 4) is 0 Å². The molecule has 0 saturated heterocycles. The second-order valence-corrected chi connectivity index (χ2v) is 6.81. The van der Waals surface area contributed by atoms with E-state index >= 15 is 0 Å². The first-order chi connectivity index (χ1) is 7.09. The van der Waals surface area contributed by atoms with Crippen molar-refractivity contribution in [1.82, 2.24) is 0 Å². The van der Waals surface area contributed by atoms with Gasteiger partial charge < -0.3 is 0 Å². The van der Waals surface area contributed by atoms with E-state index in [0.717, 1.165) is 22.9 Å². The van der Waals surface area contributed by atoms with Crippen LogP contribution in [0.2, 0.25) is 0 Å². The Bertz CT molecular complexity index is 385. The molecule has 0 unspecified atom stereocenters. The minimum absolute atomic E-state index is 0.467. The van der Waals surface area contributed by atoms with Gasteiger partial charge in [0.1, 0.15) is 0 Å². The van der Waals surface area contributed by atoms with Gasteiger partial charge >= 0.3 is 0 Å². The van der Waals surface area contributed by atoms with Crippen molar-refractivity contribution in [2.75, 3.05) is 0 Å². The molecule has 0 fully saturated rings. The van der Waals surface area contributed by atoms with Crippen LogP contribution in [0.5, 0.6) is 0 Å². The average Bonchev–Trinajstić information content (AvgIpc) is 2.67. The van der Waals surface area contributed by atoms with Crippen LogP contribution in [0.25, 0.3) is 0 Å². The van der Waals surface area contributed by atoms with E-state index in [2.05, 4.69) is 26.0 Å². The van der Waals surface area contributed by atoms with Crippen molar-refractivity contribution in [3.05, 3.63) is 43.8 Å². The lowest BCUT2D eigenvalue weighted by Gasteiger charge is -2.08. The van der Waals surface area contributed by atoms with E-state index in [4.69, 9.17) is 23.2 Å². The maximum Gasteiger partial charge on any atom is 0.0912 e. The van der Waals surface area contributed by atoms with Gasteiger partial charge in [0.05, 0.1) is 9.52 Å². The standard InChI is InChI=1S/C12H14Cl2Si/c1-7-3-5-9(13)11(7)15-12-8(2)4-6-10(12)14/h3-4H,5-6,15H2,1-2H3. The van der Waals surface area contributed by atoms with Crippen molar-refractivity contribution >= 4 is 32.7 Å². The van der Waals surface area contributed by atoms with Crippen LogP contribution >= 0.6 is 23.2 Å². The maximum atomic E-state index is 6.22. The molecule has 2 aliphatic rings. The molecule has 0 saturated carbocycles. The van der Waals surface area contributed by atoms with E-state index in [1.165, 1.54) is 21.5 Å². The molecular weight excluding hydrogens is 243 g/mol. The average molecular weight is 257 g/mol. The van der Waals surface area contributed by atoms with Gasteiger partial charge in [0, 0.05) is 22.9 Å². The van der Waals surface area contributed by atoms with Crippen LogP contribution in [-0.4, -0.2) is 9.52 Å². The van der Waals surface area contributed by atoms with Crippen LogP contribution in [0.15, 0.2) is 43.8 Å². The Labute approximate surface area is 103 Å². The summed E-state index contributed by atoms with van der Waals surface area (Å²) in [4.78, 5) is 0. The molecule has 0 spiro atoms. The predicted octanol–water partition coefficient (Wildman–Crippen LogP) is 3.76. The summed E-state index contributed by atoms with van der Waals surface area (Å²) in [5, 5.41) is 4.88. The zero-order valence-electron chi connectivity index (χ0n) is 9.03. The third-order valence-corrected chi connectivity index (χ3v) is 7.02. The second kappa shape index (κ2) is 4.32. The lowest BCUT2D eigenvalue weighted by Crippen LogP contribution is -2.03. The number of hydrogen-bond acceptors (Lipinski definition) is 0. The Hall–Kier alpha value is -0.243. The molecule has 0 heterocycles. The molecule has 2 rings (SSSR count). The summed E-state index contributed by atoms with van der Waals surface area (Å²) in [5.74, 6) is 0. The molecule has 0 aromatic carbocycles. The monoisotopic (exact) mass is 256 g/mol. The van der Waals surface area contributed by atoms with Gasteiger partial charge in [-0.25, -0.2) is 0 Å². The summed E-state index contributed by atoms with van der Waals surface area (Å²) in [5.41, 5.74) is 2.73. The van der Waals surface area contributed by atoms with Crippen LogP contribution in [0.3, 0.4) is 0 Å². The fourth-order valence-electron chi connectivity index (χ4n) is 2.05. The molecule has 0 nitrogen and oxygen atoms in total. The van der Waals surface area contributed by atoms with E-state index in [9.17, 15) is 0 Å². The topological polar surface area (TPSA) is 0 Å². The number of allylic oxidation sites excluding steroid dienone is 8. The summed E-state index contributed by atoms with van der Waals surface area (Å²) in [6.07, 6.45) is 6.27. The molecule has 0 amide bonds. The molecule has 15 heavy (non-hydrogen) atoms. The molecule has 0 aromatic heterocycles. The molecule has 0 radical (unpaired) electrons. The number of halogens is 2. The van der Waals surface area contributed by atoms with Crippen molar-refractivity contribution < 1.29 is 0 Å². The Balaban J connectivity index is 2.24. The third-order valence-electron chi connectivity index (χ3n) is 3.14. The molecule has 0 atom stereocenters. The lowest BCUT2D eigenvalue weighted by molar-refractivity contribution is 1.39. The Morgan fingerprint density at radius 1 is 0.933 bits per heavy atom. The summed E-state index contributed by atoms with van der Waals surface area (Å²) in [6, 6.07) is 0. The normalized spacial score (nSPS) is 21.3. The van der Waals surface area contributed by atoms with Crippen LogP contribution < -0.4 is 0 Å². The van der Waals surface area contributed by atoms with Gasteiger partial charge in [0.2, 0.25) is 0 Å². The van der Waals surface area contributed by atoms with Crippen LogP contribution in [0.1, 0.15) is 26.7 Å². The smallest absolute Gasteiger partial charge is 0.0889 e. The maximum absolute atomic E-state index is 6.22. The van der Waals surface area contributed by atoms with Crippen LogP contribution in [0.4, 0.5) is 0 Å². The fraction of sp³-hybridized carbons (Fsp3) is 0.333. The summed E-state index contributed by atoms with van der Waals surface area (Å²) in [7, 11) is -0.467. The predicted molar refractivity (Wildman–Crippen MR) is 71.1 cm³/mol. The molecule has 0 aromatic rings. The molecular formula is C12H14Cl2Si. The minimum Gasteiger partial charge on any atom is -0.0889 e. The highest BCUT2D eigenvalue weighted by Crippen LogP contribution is 2.34. The van der Waals surface area contributed by atoms with Crippen molar-refractivity contribution in [3.63, 3.8) is 0 Å². The van der Waals surface area contributed by atoms with Gasteiger partial charge in [-0.15, -0.1) is 0 Å². The third kappa shape index (κ3) is 2.15. The molecule has 3 heteroatoms. The zero-order chi connectivity index (χ0) is 11.0. The molecule has 80 valence electrons. The first kappa shape index (κ1) is 11.2. The Morgan fingerprint density at radius 3 is 1.60 bits per heavy atom. The first-order valence-corrected chi connectivity index (χ1v) is 7.36.